The molecule has 2 aromatic heterocycles. The van der Waals surface area contributed by atoms with Crippen molar-refractivity contribution >= 4 is 34.4 Å². The standard InChI is InChI=1S/C10H11Cl2N3O/c1-16-4-2-3-8-13-7-5-6(11)9(12)15-10(7)14-8/h5H,2-4H2,1H3,(H,13,14,15). The van der Waals surface area contributed by atoms with Crippen LogP contribution in [0.2, 0.25) is 10.2 Å². The molecule has 0 atom stereocenters. The largest absolute Gasteiger partial charge is 0.385 e. The second-order valence-electron chi connectivity index (χ2n) is 3.41. The second kappa shape index (κ2) is 4.99. The van der Waals surface area contributed by atoms with E-state index in [1.54, 1.807) is 13.2 Å². The molecule has 0 unspecified atom stereocenters. The van der Waals surface area contributed by atoms with Gasteiger partial charge in [-0.1, -0.05) is 23.2 Å². The van der Waals surface area contributed by atoms with E-state index in [1.807, 2.05) is 0 Å². The summed E-state index contributed by atoms with van der Waals surface area (Å²) in [5, 5.41) is 0.713. The van der Waals surface area contributed by atoms with Crippen molar-refractivity contribution in [3.05, 3.63) is 22.1 Å². The normalized spacial score (nSPS) is 11.2. The van der Waals surface area contributed by atoms with E-state index in [9.17, 15) is 0 Å². The molecule has 0 saturated carbocycles. The Labute approximate surface area is 103 Å². The van der Waals surface area contributed by atoms with Crippen molar-refractivity contribution in [1.29, 1.82) is 0 Å². The number of rotatable bonds is 4. The van der Waals surface area contributed by atoms with Crippen molar-refractivity contribution in [2.75, 3.05) is 13.7 Å². The van der Waals surface area contributed by atoms with E-state index in [4.69, 9.17) is 27.9 Å². The zero-order valence-corrected chi connectivity index (χ0v) is 10.3. The lowest BCUT2D eigenvalue weighted by atomic mass is 10.3. The molecule has 0 radical (unpaired) electrons. The highest BCUT2D eigenvalue weighted by atomic mass is 35.5. The van der Waals surface area contributed by atoms with Crippen LogP contribution in [0.1, 0.15) is 12.2 Å². The van der Waals surface area contributed by atoms with Gasteiger partial charge in [0, 0.05) is 20.1 Å². The summed E-state index contributed by atoms with van der Waals surface area (Å²) < 4.78 is 4.98. The van der Waals surface area contributed by atoms with Gasteiger partial charge in [0.15, 0.2) is 5.65 Å². The highest BCUT2D eigenvalue weighted by molar-refractivity contribution is 6.41. The molecule has 0 amide bonds. The summed E-state index contributed by atoms with van der Waals surface area (Å²) >= 11 is 11.7. The predicted molar refractivity (Wildman–Crippen MR) is 64.1 cm³/mol. The van der Waals surface area contributed by atoms with Crippen LogP contribution in [0.25, 0.3) is 11.2 Å². The number of halogens is 2. The highest BCUT2D eigenvalue weighted by Gasteiger charge is 2.07. The Kier molecular flexibility index (Phi) is 3.63. The molecule has 0 aliphatic rings. The number of imidazole rings is 1. The van der Waals surface area contributed by atoms with Crippen molar-refractivity contribution in [1.82, 2.24) is 15.0 Å². The van der Waals surface area contributed by atoms with Gasteiger partial charge >= 0.3 is 0 Å². The van der Waals surface area contributed by atoms with Crippen LogP contribution in [0, 0.1) is 0 Å². The van der Waals surface area contributed by atoms with E-state index in [1.165, 1.54) is 0 Å². The minimum atomic E-state index is 0.282. The molecule has 0 aromatic carbocycles. The lowest BCUT2D eigenvalue weighted by Crippen LogP contribution is -1.93. The maximum atomic E-state index is 5.86. The van der Waals surface area contributed by atoms with Gasteiger partial charge in [0.05, 0.1) is 10.5 Å². The van der Waals surface area contributed by atoms with Crippen molar-refractivity contribution in [3.63, 3.8) is 0 Å². The van der Waals surface area contributed by atoms with Crippen LogP contribution < -0.4 is 0 Å². The number of aromatic nitrogens is 3. The van der Waals surface area contributed by atoms with E-state index in [0.717, 1.165) is 24.2 Å². The monoisotopic (exact) mass is 259 g/mol. The van der Waals surface area contributed by atoms with E-state index in [2.05, 4.69) is 15.0 Å². The summed E-state index contributed by atoms with van der Waals surface area (Å²) in [5.74, 6) is 0.873. The topological polar surface area (TPSA) is 50.8 Å². The number of nitrogens with zero attached hydrogens (tertiary/aromatic N) is 2. The molecule has 2 heterocycles. The van der Waals surface area contributed by atoms with Crippen LogP contribution in [0.5, 0.6) is 0 Å². The van der Waals surface area contributed by atoms with E-state index in [-0.39, 0.29) is 5.15 Å². The van der Waals surface area contributed by atoms with Gasteiger partial charge in [-0.2, -0.15) is 0 Å². The quantitative estimate of drug-likeness (QED) is 0.679. The van der Waals surface area contributed by atoms with Crippen LogP contribution in [0.3, 0.4) is 0 Å². The zero-order chi connectivity index (χ0) is 11.5. The van der Waals surface area contributed by atoms with Crippen molar-refractivity contribution in [2.24, 2.45) is 0 Å². The summed E-state index contributed by atoms with van der Waals surface area (Å²) in [6.45, 7) is 0.714. The molecule has 6 heteroatoms. The van der Waals surface area contributed by atoms with Gasteiger partial charge in [-0.25, -0.2) is 9.97 Å². The first-order chi connectivity index (χ1) is 7.70. The lowest BCUT2D eigenvalue weighted by molar-refractivity contribution is 0.194. The average molecular weight is 260 g/mol. The van der Waals surface area contributed by atoms with E-state index in [0.29, 0.717) is 17.3 Å². The van der Waals surface area contributed by atoms with Gasteiger partial charge in [-0.15, -0.1) is 0 Å². The highest BCUT2D eigenvalue weighted by Crippen LogP contribution is 2.23. The number of ether oxygens (including phenoxy) is 1. The van der Waals surface area contributed by atoms with Crippen molar-refractivity contribution in [2.45, 2.75) is 12.8 Å². The molecule has 0 spiro atoms. The van der Waals surface area contributed by atoms with Gasteiger partial charge in [0.25, 0.3) is 0 Å². The number of aromatic amines is 1. The number of fused-ring (bicyclic) bond motifs is 1. The van der Waals surface area contributed by atoms with Gasteiger partial charge in [-0.05, 0) is 12.5 Å². The Bertz CT molecular complexity index is 459. The maximum Gasteiger partial charge on any atom is 0.179 e. The van der Waals surface area contributed by atoms with Gasteiger partial charge < -0.3 is 9.72 Å². The van der Waals surface area contributed by atoms with Crippen LogP contribution in [-0.2, 0) is 11.2 Å². The van der Waals surface area contributed by atoms with Crippen molar-refractivity contribution in [3.8, 4) is 0 Å². The first kappa shape index (κ1) is 11.6. The predicted octanol–water partition coefficient (Wildman–Crippen LogP) is 2.84. The number of hydrogen-bond acceptors (Lipinski definition) is 3. The molecule has 16 heavy (non-hydrogen) atoms. The number of pyridine rings is 1. The lowest BCUT2D eigenvalue weighted by Gasteiger charge is -1.94. The molecule has 1 N–H and O–H groups in total. The molecule has 2 rings (SSSR count). The zero-order valence-electron chi connectivity index (χ0n) is 8.76. The Hall–Kier alpha value is -0.840. The maximum absolute atomic E-state index is 5.86. The molecule has 2 aromatic rings. The van der Waals surface area contributed by atoms with Gasteiger partial charge in [0.1, 0.15) is 11.0 Å². The molecule has 0 bridgehead atoms. The molecule has 0 saturated heterocycles. The molecular formula is C10H11Cl2N3O. The van der Waals surface area contributed by atoms with E-state index >= 15 is 0 Å². The van der Waals surface area contributed by atoms with Crippen LogP contribution in [0.4, 0.5) is 0 Å². The molecule has 0 fully saturated rings. The Morgan fingerprint density at radius 2 is 2.19 bits per heavy atom. The fraction of sp³-hybridized carbons (Fsp3) is 0.400. The average Bonchev–Trinajstić information content (AvgIpc) is 2.61. The fourth-order valence-corrected chi connectivity index (χ4v) is 1.73. The molecule has 0 aliphatic heterocycles. The van der Waals surface area contributed by atoms with Crippen LogP contribution in [0.15, 0.2) is 6.07 Å². The minimum Gasteiger partial charge on any atom is -0.385 e. The number of nitrogens with one attached hydrogen (secondary N) is 1. The summed E-state index contributed by atoms with van der Waals surface area (Å²) in [7, 11) is 1.68. The number of hydrogen-bond donors (Lipinski definition) is 1. The van der Waals surface area contributed by atoms with Gasteiger partial charge in [0.2, 0.25) is 0 Å². The van der Waals surface area contributed by atoms with Gasteiger partial charge in [-0.3, -0.25) is 0 Å². The number of methoxy groups -OCH3 is 1. The Balaban J connectivity index is 2.23. The summed E-state index contributed by atoms with van der Waals surface area (Å²) in [6.07, 6.45) is 1.73. The third kappa shape index (κ3) is 2.45. The summed E-state index contributed by atoms with van der Waals surface area (Å²) in [6, 6.07) is 1.74. The molecule has 4 nitrogen and oxygen atoms in total. The third-order valence-corrected chi connectivity index (χ3v) is 2.87. The van der Waals surface area contributed by atoms with E-state index < -0.39 is 0 Å². The van der Waals surface area contributed by atoms with Crippen LogP contribution in [-0.4, -0.2) is 28.7 Å². The summed E-state index contributed by atoms with van der Waals surface area (Å²) in [5.41, 5.74) is 1.41. The number of H-pyrrole nitrogens is 1. The first-order valence-corrected chi connectivity index (χ1v) is 5.66. The third-order valence-electron chi connectivity index (χ3n) is 2.19. The fourth-order valence-electron chi connectivity index (χ4n) is 1.45. The Morgan fingerprint density at radius 3 is 2.94 bits per heavy atom. The second-order valence-corrected chi connectivity index (χ2v) is 4.18. The Morgan fingerprint density at radius 1 is 1.38 bits per heavy atom. The molecular weight excluding hydrogens is 249 g/mol. The number of aryl methyl sites for hydroxylation is 1. The smallest absolute Gasteiger partial charge is 0.179 e. The SMILES string of the molecule is COCCCc1nc2nc(Cl)c(Cl)cc2[nH]1. The first-order valence-electron chi connectivity index (χ1n) is 4.90. The van der Waals surface area contributed by atoms with Crippen LogP contribution >= 0.6 is 23.2 Å². The summed E-state index contributed by atoms with van der Waals surface area (Å²) in [4.78, 5) is 11.6. The molecule has 86 valence electrons. The minimum absolute atomic E-state index is 0.282. The van der Waals surface area contributed by atoms with Crippen molar-refractivity contribution < 1.29 is 4.74 Å². The molecule has 0 aliphatic carbocycles.